The zero-order valence-electron chi connectivity index (χ0n) is 16.9. The smallest absolute Gasteiger partial charge is 0.345 e. The van der Waals surface area contributed by atoms with Crippen LogP contribution < -0.4 is 23.7 Å². The maximum atomic E-state index is 12.5. The summed E-state index contributed by atoms with van der Waals surface area (Å²) in [6.07, 6.45) is 0. The lowest BCUT2D eigenvalue weighted by Gasteiger charge is -2.07. The Morgan fingerprint density at radius 2 is 1.03 bits per heavy atom. The third-order valence-electron chi connectivity index (χ3n) is 3.53. The van der Waals surface area contributed by atoms with E-state index in [0.717, 1.165) is 0 Å². The Labute approximate surface area is 175 Å². The quantitative estimate of drug-likeness (QED) is 0.488. The Balaban J connectivity index is 1.77. The molecule has 0 aliphatic rings. The van der Waals surface area contributed by atoms with Crippen molar-refractivity contribution in [2.45, 2.75) is 6.92 Å². The fourth-order valence-corrected chi connectivity index (χ4v) is 2.18. The van der Waals surface area contributed by atoms with E-state index in [0.29, 0.717) is 5.82 Å². The second-order valence-electron chi connectivity index (χ2n) is 5.60. The molecule has 0 saturated carbocycles. The number of aromatic nitrogens is 6. The van der Waals surface area contributed by atoms with Gasteiger partial charge in [-0.2, -0.15) is 9.97 Å². The summed E-state index contributed by atoms with van der Waals surface area (Å²) in [5.41, 5.74) is 0.0921. The van der Waals surface area contributed by atoms with Crippen LogP contribution in [0.2, 0.25) is 0 Å². The number of nitrogens with zero attached hydrogens (tertiary/aromatic N) is 6. The van der Waals surface area contributed by atoms with E-state index in [1.807, 2.05) is 0 Å². The van der Waals surface area contributed by atoms with Crippen molar-refractivity contribution >= 4 is 11.9 Å². The molecule has 0 radical (unpaired) electrons. The number of carbonyl (C=O) groups is 2. The van der Waals surface area contributed by atoms with E-state index >= 15 is 0 Å². The molecule has 0 spiro atoms. The Hall–Kier alpha value is -4.42. The number of hydrogen-bond donors (Lipinski definition) is 0. The fraction of sp³-hybridized carbons (Fsp3) is 0.222. The number of benzene rings is 1. The molecule has 0 amide bonds. The lowest BCUT2D eigenvalue weighted by Crippen LogP contribution is -2.15. The summed E-state index contributed by atoms with van der Waals surface area (Å²) >= 11 is 0. The van der Waals surface area contributed by atoms with Crippen LogP contribution in [0.5, 0.6) is 30.1 Å². The molecule has 13 heteroatoms. The van der Waals surface area contributed by atoms with Crippen molar-refractivity contribution in [3.05, 3.63) is 41.2 Å². The van der Waals surface area contributed by atoms with E-state index in [2.05, 4.69) is 29.9 Å². The number of ether oxygens (including phenoxy) is 5. The first-order valence-electron chi connectivity index (χ1n) is 8.57. The molecule has 3 rings (SSSR count). The van der Waals surface area contributed by atoms with Gasteiger partial charge in [0, 0.05) is 0 Å². The molecule has 160 valence electrons. The highest BCUT2D eigenvalue weighted by Crippen LogP contribution is 2.17. The minimum Gasteiger partial charge on any atom is -0.467 e. The molecule has 31 heavy (non-hydrogen) atoms. The van der Waals surface area contributed by atoms with Gasteiger partial charge in [0.05, 0.1) is 32.5 Å². The highest BCUT2D eigenvalue weighted by molar-refractivity contribution is 5.96. The zero-order valence-corrected chi connectivity index (χ0v) is 16.9. The van der Waals surface area contributed by atoms with E-state index in [1.165, 1.54) is 45.6 Å². The Bertz CT molecular complexity index is 1100. The molecule has 3 aromatic rings. The Kier molecular flexibility index (Phi) is 6.45. The number of rotatable bonds is 7. The predicted octanol–water partition coefficient (Wildman–Crippen LogP) is 0.829. The molecule has 0 unspecified atom stereocenters. The average Bonchev–Trinajstić information content (AvgIpc) is 2.78. The number of esters is 2. The third-order valence-corrected chi connectivity index (χ3v) is 3.53. The first-order valence-corrected chi connectivity index (χ1v) is 8.57. The van der Waals surface area contributed by atoms with Gasteiger partial charge in [-0.25, -0.2) is 9.59 Å². The van der Waals surface area contributed by atoms with Crippen molar-refractivity contribution in [3.8, 4) is 30.1 Å². The number of aryl methyl sites for hydroxylation is 1. The van der Waals surface area contributed by atoms with E-state index < -0.39 is 11.9 Å². The number of hydrogen-bond acceptors (Lipinski definition) is 13. The van der Waals surface area contributed by atoms with Gasteiger partial charge in [-0.05, 0) is 25.1 Å². The Morgan fingerprint density at radius 1 is 0.645 bits per heavy atom. The summed E-state index contributed by atoms with van der Waals surface area (Å²) < 4.78 is 25.0. The predicted molar refractivity (Wildman–Crippen MR) is 100 cm³/mol. The molecule has 1 aromatic carbocycles. The lowest BCUT2D eigenvalue weighted by molar-refractivity contribution is 0.0715. The van der Waals surface area contributed by atoms with Crippen LogP contribution in [0.4, 0.5) is 0 Å². The maximum Gasteiger partial charge on any atom is 0.345 e. The SMILES string of the molecule is COc1nc(C)nc(OC(=O)c2cccc(C(=O)Oc3nc(OC)nc(OC)n3)c2)n1. The molecule has 0 bridgehead atoms. The standard InChI is InChI=1S/C18H16N6O7/c1-9-19-14(27-2)22-17(20-9)30-12(25)10-6-5-7-11(8-10)13(26)31-18-23-15(28-3)21-16(24-18)29-4/h5-8H,1-4H3. The number of methoxy groups -OCH3 is 3. The van der Waals surface area contributed by atoms with Gasteiger partial charge in [0.1, 0.15) is 5.82 Å². The molecular weight excluding hydrogens is 412 g/mol. The van der Waals surface area contributed by atoms with Crippen molar-refractivity contribution in [1.82, 2.24) is 29.9 Å². The van der Waals surface area contributed by atoms with Crippen LogP contribution in [0.25, 0.3) is 0 Å². The van der Waals surface area contributed by atoms with Gasteiger partial charge in [-0.1, -0.05) is 6.07 Å². The summed E-state index contributed by atoms with van der Waals surface area (Å²) in [7, 11) is 4.03. The van der Waals surface area contributed by atoms with Crippen LogP contribution in [0.15, 0.2) is 24.3 Å². The molecule has 0 saturated heterocycles. The van der Waals surface area contributed by atoms with Crippen LogP contribution >= 0.6 is 0 Å². The van der Waals surface area contributed by atoms with E-state index in [4.69, 9.17) is 23.7 Å². The molecule has 0 atom stereocenters. The van der Waals surface area contributed by atoms with Gasteiger partial charge < -0.3 is 23.7 Å². The molecule has 0 aliphatic heterocycles. The molecule has 0 N–H and O–H groups in total. The minimum atomic E-state index is -0.831. The molecular formula is C18H16N6O7. The molecule has 2 heterocycles. The van der Waals surface area contributed by atoms with Crippen molar-refractivity contribution in [2.75, 3.05) is 21.3 Å². The fourth-order valence-electron chi connectivity index (χ4n) is 2.18. The molecule has 2 aromatic heterocycles. The monoisotopic (exact) mass is 428 g/mol. The van der Waals surface area contributed by atoms with Gasteiger partial charge in [-0.3, -0.25) is 0 Å². The number of carbonyl (C=O) groups excluding carboxylic acids is 2. The summed E-state index contributed by atoms with van der Waals surface area (Å²) in [5.74, 6) is -1.33. The summed E-state index contributed by atoms with van der Waals surface area (Å²) in [6, 6.07) is 4.83. The first kappa shape index (κ1) is 21.3. The normalized spacial score (nSPS) is 10.2. The highest BCUT2D eigenvalue weighted by atomic mass is 16.6. The van der Waals surface area contributed by atoms with E-state index in [1.54, 1.807) is 6.92 Å². The summed E-state index contributed by atoms with van der Waals surface area (Å²) in [4.78, 5) is 48.0. The maximum absolute atomic E-state index is 12.5. The van der Waals surface area contributed by atoms with Crippen LogP contribution in [0, 0.1) is 6.92 Å². The first-order chi connectivity index (χ1) is 14.9. The van der Waals surface area contributed by atoms with Crippen molar-refractivity contribution < 1.29 is 33.3 Å². The van der Waals surface area contributed by atoms with Crippen LogP contribution in [0.3, 0.4) is 0 Å². The summed E-state index contributed by atoms with van der Waals surface area (Å²) in [6.45, 7) is 1.59. The molecule has 13 nitrogen and oxygen atoms in total. The van der Waals surface area contributed by atoms with Crippen LogP contribution in [-0.4, -0.2) is 63.2 Å². The highest BCUT2D eigenvalue weighted by Gasteiger charge is 2.18. The topological polar surface area (TPSA) is 158 Å². The summed E-state index contributed by atoms with van der Waals surface area (Å²) in [5, 5.41) is 0. The van der Waals surface area contributed by atoms with Gasteiger partial charge in [0.2, 0.25) is 0 Å². The molecule has 0 aliphatic carbocycles. The minimum absolute atomic E-state index is 0.00386. The van der Waals surface area contributed by atoms with Gasteiger partial charge in [-0.15, -0.1) is 19.9 Å². The second kappa shape index (κ2) is 9.39. The lowest BCUT2D eigenvalue weighted by atomic mass is 10.1. The molecule has 0 fully saturated rings. The van der Waals surface area contributed by atoms with Gasteiger partial charge in [0.25, 0.3) is 0 Å². The average molecular weight is 428 g/mol. The van der Waals surface area contributed by atoms with Crippen LogP contribution in [-0.2, 0) is 0 Å². The third kappa shape index (κ3) is 5.35. The largest absolute Gasteiger partial charge is 0.467 e. The van der Waals surface area contributed by atoms with Crippen LogP contribution in [0.1, 0.15) is 26.5 Å². The van der Waals surface area contributed by atoms with E-state index in [-0.39, 0.29) is 41.2 Å². The zero-order chi connectivity index (χ0) is 22.4. The second-order valence-corrected chi connectivity index (χ2v) is 5.60. The van der Waals surface area contributed by atoms with Crippen molar-refractivity contribution in [1.29, 1.82) is 0 Å². The van der Waals surface area contributed by atoms with Gasteiger partial charge in [0.15, 0.2) is 0 Å². The van der Waals surface area contributed by atoms with Crippen molar-refractivity contribution in [3.63, 3.8) is 0 Å². The van der Waals surface area contributed by atoms with Gasteiger partial charge >= 0.3 is 42.0 Å². The Morgan fingerprint density at radius 3 is 1.52 bits per heavy atom. The van der Waals surface area contributed by atoms with Crippen molar-refractivity contribution in [2.24, 2.45) is 0 Å². The van der Waals surface area contributed by atoms with E-state index in [9.17, 15) is 9.59 Å².